The monoisotopic (exact) mass is 187 g/mol. The lowest BCUT2D eigenvalue weighted by atomic mass is 9.98. The highest BCUT2D eigenvalue weighted by Gasteiger charge is 2.03. The summed E-state index contributed by atoms with van der Waals surface area (Å²) in [4.78, 5) is 0. The van der Waals surface area contributed by atoms with Gasteiger partial charge in [-0.3, -0.25) is 0 Å². The molecule has 0 aliphatic rings. The zero-order valence-electron chi connectivity index (χ0n) is 9.17. The fourth-order valence-electron chi connectivity index (χ4n) is 1.46. The van der Waals surface area contributed by atoms with Crippen LogP contribution < -0.4 is 0 Å². The Morgan fingerprint density at radius 3 is 2.64 bits per heavy atom. The van der Waals surface area contributed by atoms with E-state index in [0.717, 1.165) is 24.0 Å². The number of hydrogen-bond donors (Lipinski definition) is 0. The molecule has 0 amide bonds. The average molecular weight is 187 g/mol. The molecular formula is C13H17N. The van der Waals surface area contributed by atoms with Crippen molar-refractivity contribution in [2.24, 2.45) is 5.92 Å². The van der Waals surface area contributed by atoms with Gasteiger partial charge in [-0.05, 0) is 42.9 Å². The Balaban J connectivity index is 2.82. The molecule has 0 radical (unpaired) electrons. The third-order valence-electron chi connectivity index (χ3n) is 2.38. The third kappa shape index (κ3) is 2.88. The molecule has 1 aromatic rings. The number of rotatable bonds is 3. The second-order valence-electron chi connectivity index (χ2n) is 4.20. The highest BCUT2D eigenvalue weighted by Crippen LogP contribution is 2.15. The minimum atomic E-state index is 0.697. The lowest BCUT2D eigenvalue weighted by Gasteiger charge is -2.06. The summed E-state index contributed by atoms with van der Waals surface area (Å²) in [5.74, 6) is 0.697. The van der Waals surface area contributed by atoms with Gasteiger partial charge in [0.05, 0.1) is 11.6 Å². The van der Waals surface area contributed by atoms with Gasteiger partial charge in [0, 0.05) is 0 Å². The van der Waals surface area contributed by atoms with Gasteiger partial charge in [-0.1, -0.05) is 26.0 Å². The fraction of sp³-hybridized carbons (Fsp3) is 0.462. The Kier molecular flexibility index (Phi) is 3.71. The van der Waals surface area contributed by atoms with Crippen LogP contribution in [0, 0.1) is 24.2 Å². The Bertz CT molecular complexity index is 345. The zero-order chi connectivity index (χ0) is 10.6. The normalized spacial score (nSPS) is 10.2. The third-order valence-corrected chi connectivity index (χ3v) is 2.38. The highest BCUT2D eigenvalue weighted by molar-refractivity contribution is 5.40. The quantitative estimate of drug-likeness (QED) is 0.711. The fourth-order valence-corrected chi connectivity index (χ4v) is 1.46. The summed E-state index contributed by atoms with van der Waals surface area (Å²) in [6.45, 7) is 6.44. The molecule has 0 aliphatic heterocycles. The van der Waals surface area contributed by atoms with Crippen LogP contribution in [0.4, 0.5) is 0 Å². The molecule has 1 aromatic carbocycles. The lowest BCUT2D eigenvalue weighted by Crippen LogP contribution is -1.95. The van der Waals surface area contributed by atoms with Crippen LogP contribution in [0.15, 0.2) is 18.2 Å². The standard InChI is InChI=1S/C13H17N/c1-10(2)4-6-12-7-5-11(3)8-13(12)9-14/h5,7-8,10H,4,6H2,1-3H3. The molecule has 0 heterocycles. The van der Waals surface area contributed by atoms with Crippen LogP contribution in [0.3, 0.4) is 0 Å². The molecule has 1 rings (SSSR count). The van der Waals surface area contributed by atoms with E-state index >= 15 is 0 Å². The minimum Gasteiger partial charge on any atom is -0.192 e. The Morgan fingerprint density at radius 1 is 1.36 bits per heavy atom. The van der Waals surface area contributed by atoms with Crippen molar-refractivity contribution in [1.29, 1.82) is 5.26 Å². The van der Waals surface area contributed by atoms with E-state index in [9.17, 15) is 0 Å². The second kappa shape index (κ2) is 4.81. The minimum absolute atomic E-state index is 0.697. The molecule has 0 saturated carbocycles. The maximum Gasteiger partial charge on any atom is 0.0994 e. The molecule has 0 N–H and O–H groups in total. The van der Waals surface area contributed by atoms with E-state index in [1.165, 1.54) is 5.56 Å². The second-order valence-corrected chi connectivity index (χ2v) is 4.20. The van der Waals surface area contributed by atoms with Gasteiger partial charge in [-0.25, -0.2) is 0 Å². The van der Waals surface area contributed by atoms with Crippen LogP contribution in [0.2, 0.25) is 0 Å². The van der Waals surface area contributed by atoms with Crippen molar-refractivity contribution in [1.82, 2.24) is 0 Å². The average Bonchev–Trinajstić information content (AvgIpc) is 2.15. The van der Waals surface area contributed by atoms with Gasteiger partial charge in [0.1, 0.15) is 0 Å². The first-order chi connectivity index (χ1) is 6.63. The first-order valence-corrected chi connectivity index (χ1v) is 5.13. The molecule has 14 heavy (non-hydrogen) atoms. The molecule has 0 unspecified atom stereocenters. The summed E-state index contributed by atoms with van der Waals surface area (Å²) in [7, 11) is 0. The van der Waals surface area contributed by atoms with Gasteiger partial charge < -0.3 is 0 Å². The van der Waals surface area contributed by atoms with Gasteiger partial charge in [0.25, 0.3) is 0 Å². The molecule has 1 nitrogen and oxygen atoms in total. The van der Waals surface area contributed by atoms with E-state index in [4.69, 9.17) is 5.26 Å². The van der Waals surface area contributed by atoms with Crippen LogP contribution in [0.1, 0.15) is 37.0 Å². The lowest BCUT2D eigenvalue weighted by molar-refractivity contribution is 0.586. The van der Waals surface area contributed by atoms with Crippen LogP contribution in [0.25, 0.3) is 0 Å². The smallest absolute Gasteiger partial charge is 0.0994 e. The van der Waals surface area contributed by atoms with Crippen molar-refractivity contribution >= 4 is 0 Å². The number of hydrogen-bond acceptors (Lipinski definition) is 1. The summed E-state index contributed by atoms with van der Waals surface area (Å²) in [6.07, 6.45) is 2.17. The maximum atomic E-state index is 8.96. The predicted molar refractivity (Wildman–Crippen MR) is 59.1 cm³/mol. The Labute approximate surface area is 86.4 Å². The van der Waals surface area contributed by atoms with Crippen LogP contribution in [-0.4, -0.2) is 0 Å². The molecule has 0 bridgehead atoms. The molecular weight excluding hydrogens is 170 g/mol. The first-order valence-electron chi connectivity index (χ1n) is 5.13. The summed E-state index contributed by atoms with van der Waals surface area (Å²) in [5.41, 5.74) is 3.19. The van der Waals surface area contributed by atoms with Crippen molar-refractivity contribution < 1.29 is 0 Å². The molecule has 74 valence electrons. The molecule has 0 spiro atoms. The molecule has 1 heteroatoms. The van der Waals surface area contributed by atoms with Gasteiger partial charge >= 0.3 is 0 Å². The highest BCUT2D eigenvalue weighted by atomic mass is 14.2. The summed E-state index contributed by atoms with van der Waals surface area (Å²) >= 11 is 0. The topological polar surface area (TPSA) is 23.8 Å². The Morgan fingerprint density at radius 2 is 2.07 bits per heavy atom. The van der Waals surface area contributed by atoms with E-state index in [1.807, 2.05) is 13.0 Å². The van der Waals surface area contributed by atoms with Gasteiger partial charge in [-0.15, -0.1) is 0 Å². The van der Waals surface area contributed by atoms with Crippen LogP contribution in [0.5, 0.6) is 0 Å². The number of nitrogens with zero attached hydrogens (tertiary/aromatic N) is 1. The largest absolute Gasteiger partial charge is 0.192 e. The van der Waals surface area contributed by atoms with Crippen molar-refractivity contribution in [2.45, 2.75) is 33.6 Å². The number of nitriles is 1. The Hall–Kier alpha value is -1.29. The van der Waals surface area contributed by atoms with E-state index in [-0.39, 0.29) is 0 Å². The molecule has 0 atom stereocenters. The summed E-state index contributed by atoms with van der Waals surface area (Å²) < 4.78 is 0. The van der Waals surface area contributed by atoms with Crippen molar-refractivity contribution in [2.75, 3.05) is 0 Å². The first kappa shape index (κ1) is 10.8. The van der Waals surface area contributed by atoms with Gasteiger partial charge in [-0.2, -0.15) is 5.26 Å². The summed E-state index contributed by atoms with van der Waals surface area (Å²) in [5, 5.41) is 8.96. The zero-order valence-corrected chi connectivity index (χ0v) is 9.17. The van der Waals surface area contributed by atoms with Crippen LogP contribution >= 0.6 is 0 Å². The maximum absolute atomic E-state index is 8.96. The molecule has 0 fully saturated rings. The van der Waals surface area contributed by atoms with Crippen molar-refractivity contribution in [3.8, 4) is 6.07 Å². The molecule has 0 aliphatic carbocycles. The van der Waals surface area contributed by atoms with E-state index in [0.29, 0.717) is 5.92 Å². The number of benzene rings is 1. The van der Waals surface area contributed by atoms with E-state index < -0.39 is 0 Å². The van der Waals surface area contributed by atoms with Crippen molar-refractivity contribution in [3.63, 3.8) is 0 Å². The molecule has 0 saturated heterocycles. The van der Waals surface area contributed by atoms with Crippen LogP contribution in [-0.2, 0) is 6.42 Å². The van der Waals surface area contributed by atoms with Gasteiger partial charge in [0.15, 0.2) is 0 Å². The number of aryl methyl sites for hydroxylation is 2. The van der Waals surface area contributed by atoms with E-state index in [1.54, 1.807) is 0 Å². The summed E-state index contributed by atoms with van der Waals surface area (Å²) in [6, 6.07) is 8.39. The van der Waals surface area contributed by atoms with Crippen molar-refractivity contribution in [3.05, 3.63) is 34.9 Å². The molecule has 0 aromatic heterocycles. The SMILES string of the molecule is Cc1ccc(CCC(C)C)c(C#N)c1. The predicted octanol–water partition coefficient (Wildman–Crippen LogP) is 3.46. The van der Waals surface area contributed by atoms with E-state index in [2.05, 4.69) is 32.0 Å². The van der Waals surface area contributed by atoms with Gasteiger partial charge in [0.2, 0.25) is 0 Å².